The van der Waals surface area contributed by atoms with E-state index in [0.29, 0.717) is 16.0 Å². The highest BCUT2D eigenvalue weighted by molar-refractivity contribution is 14.1. The van der Waals surface area contributed by atoms with Crippen molar-refractivity contribution in [2.75, 3.05) is 6.61 Å². The van der Waals surface area contributed by atoms with Gasteiger partial charge in [-0.25, -0.2) is 4.98 Å². The maximum atomic E-state index is 12.0. The zero-order valence-electron chi connectivity index (χ0n) is 12.4. The summed E-state index contributed by atoms with van der Waals surface area (Å²) in [4.78, 5) is 19.4. The Bertz CT molecular complexity index is 663. The van der Waals surface area contributed by atoms with E-state index >= 15 is 0 Å². The molecule has 0 bridgehead atoms. The minimum atomic E-state index is -0.0874. The number of rotatable bonds is 5. The van der Waals surface area contributed by atoms with Crippen LogP contribution in [0, 0.1) is 3.57 Å². The maximum absolute atomic E-state index is 12.0. The van der Waals surface area contributed by atoms with Gasteiger partial charge < -0.3 is 9.72 Å². The van der Waals surface area contributed by atoms with Crippen LogP contribution in [-0.4, -0.2) is 16.6 Å². The number of aromatic nitrogens is 2. The summed E-state index contributed by atoms with van der Waals surface area (Å²) in [5.41, 5.74) is 1.63. The van der Waals surface area contributed by atoms with Gasteiger partial charge in [-0.2, -0.15) is 0 Å². The third-order valence-electron chi connectivity index (χ3n) is 3.04. The lowest BCUT2D eigenvalue weighted by atomic mass is 10.1. The number of nitrogens with one attached hydrogen (secondary N) is 1. The predicted molar refractivity (Wildman–Crippen MR) is 92.9 cm³/mol. The Morgan fingerprint density at radius 3 is 2.52 bits per heavy atom. The number of hydrogen-bond acceptors (Lipinski definition) is 3. The Hall–Kier alpha value is -1.37. The first kappa shape index (κ1) is 16.0. The molecule has 1 aromatic heterocycles. The number of halogens is 1. The van der Waals surface area contributed by atoms with Crippen molar-refractivity contribution in [1.29, 1.82) is 0 Å². The molecule has 0 saturated carbocycles. The maximum Gasteiger partial charge on any atom is 0.264 e. The highest BCUT2D eigenvalue weighted by atomic mass is 127. The van der Waals surface area contributed by atoms with Gasteiger partial charge in [0.05, 0.1) is 15.9 Å². The summed E-state index contributed by atoms with van der Waals surface area (Å²) >= 11 is 2.05. The van der Waals surface area contributed by atoms with Crippen LogP contribution in [0.1, 0.15) is 38.8 Å². The number of ether oxygens (including phenoxy) is 1. The van der Waals surface area contributed by atoms with Crippen LogP contribution >= 0.6 is 22.6 Å². The Morgan fingerprint density at radius 1 is 1.29 bits per heavy atom. The smallest absolute Gasteiger partial charge is 0.264 e. The van der Waals surface area contributed by atoms with Crippen LogP contribution in [0.25, 0.3) is 11.4 Å². The van der Waals surface area contributed by atoms with Gasteiger partial charge in [-0.05, 0) is 59.2 Å². The number of benzene rings is 1. The lowest BCUT2D eigenvalue weighted by molar-refractivity contribution is 0.317. The second-order valence-electron chi connectivity index (χ2n) is 5.14. The van der Waals surface area contributed by atoms with Crippen molar-refractivity contribution in [3.05, 3.63) is 43.9 Å². The number of hydrogen-bond donors (Lipinski definition) is 1. The van der Waals surface area contributed by atoms with E-state index in [9.17, 15) is 4.79 Å². The Morgan fingerprint density at radius 2 is 1.95 bits per heavy atom. The second kappa shape index (κ2) is 7.06. The summed E-state index contributed by atoms with van der Waals surface area (Å²) in [7, 11) is 0. The van der Waals surface area contributed by atoms with E-state index < -0.39 is 0 Å². The predicted octanol–water partition coefficient (Wildman–Crippen LogP) is 3.95. The summed E-state index contributed by atoms with van der Waals surface area (Å²) < 4.78 is 6.22. The van der Waals surface area contributed by atoms with Gasteiger partial charge in [-0.15, -0.1) is 0 Å². The molecular formula is C16H19IN2O2. The molecule has 0 aliphatic carbocycles. The summed E-state index contributed by atoms with van der Waals surface area (Å²) in [5, 5.41) is 0. The first-order chi connectivity index (χ1) is 10.0. The normalized spacial score (nSPS) is 10.9. The van der Waals surface area contributed by atoms with Crippen molar-refractivity contribution < 1.29 is 4.74 Å². The highest BCUT2D eigenvalue weighted by Crippen LogP contribution is 2.22. The SMILES string of the molecule is CCCOc1ccc(-c2nc(C(C)C)c(I)c(=O)[nH]2)cc1. The number of aromatic amines is 1. The molecule has 0 saturated heterocycles. The van der Waals surface area contributed by atoms with Crippen molar-refractivity contribution in [2.45, 2.75) is 33.1 Å². The zero-order chi connectivity index (χ0) is 15.4. The number of H-pyrrole nitrogens is 1. The van der Waals surface area contributed by atoms with Crippen LogP contribution in [0.5, 0.6) is 5.75 Å². The van der Waals surface area contributed by atoms with Crippen LogP contribution < -0.4 is 10.3 Å². The van der Waals surface area contributed by atoms with Crippen molar-refractivity contribution in [3.8, 4) is 17.1 Å². The van der Waals surface area contributed by atoms with Gasteiger partial charge in [-0.3, -0.25) is 4.79 Å². The van der Waals surface area contributed by atoms with Crippen LogP contribution in [0.4, 0.5) is 0 Å². The van der Waals surface area contributed by atoms with Gasteiger partial charge in [0, 0.05) is 5.56 Å². The fourth-order valence-corrected chi connectivity index (χ4v) is 2.80. The molecule has 0 atom stereocenters. The molecule has 5 heteroatoms. The molecule has 2 rings (SSSR count). The summed E-state index contributed by atoms with van der Waals surface area (Å²) in [5.74, 6) is 1.65. The van der Waals surface area contributed by atoms with Gasteiger partial charge in [-0.1, -0.05) is 20.8 Å². The molecule has 0 aliphatic heterocycles. The molecule has 0 fully saturated rings. The molecule has 0 unspecified atom stereocenters. The summed E-state index contributed by atoms with van der Waals surface area (Å²) in [6.07, 6.45) is 0.978. The van der Waals surface area contributed by atoms with Crippen LogP contribution in [0.15, 0.2) is 29.1 Å². The molecule has 2 aromatic rings. The van der Waals surface area contributed by atoms with E-state index in [0.717, 1.165) is 23.4 Å². The van der Waals surface area contributed by atoms with E-state index in [2.05, 4.69) is 39.5 Å². The minimum Gasteiger partial charge on any atom is -0.494 e. The van der Waals surface area contributed by atoms with E-state index in [1.807, 2.05) is 38.1 Å². The standard InChI is InChI=1S/C16H19IN2O2/c1-4-9-21-12-7-5-11(6-8-12)15-18-14(10(2)3)13(17)16(20)19-15/h5-8,10H,4,9H2,1-3H3,(H,18,19,20). The first-order valence-corrected chi connectivity index (χ1v) is 8.13. The zero-order valence-corrected chi connectivity index (χ0v) is 14.6. The average molecular weight is 398 g/mol. The van der Waals surface area contributed by atoms with Gasteiger partial charge in [0.15, 0.2) is 0 Å². The molecule has 0 spiro atoms. The molecule has 1 heterocycles. The first-order valence-electron chi connectivity index (χ1n) is 7.05. The van der Waals surface area contributed by atoms with E-state index in [-0.39, 0.29) is 11.5 Å². The molecule has 4 nitrogen and oxygen atoms in total. The van der Waals surface area contributed by atoms with Crippen molar-refractivity contribution in [3.63, 3.8) is 0 Å². The molecule has 21 heavy (non-hydrogen) atoms. The molecule has 1 N–H and O–H groups in total. The molecule has 1 aromatic carbocycles. The van der Waals surface area contributed by atoms with Crippen LogP contribution in [0.2, 0.25) is 0 Å². The van der Waals surface area contributed by atoms with Crippen molar-refractivity contribution in [2.24, 2.45) is 0 Å². The van der Waals surface area contributed by atoms with Gasteiger partial charge >= 0.3 is 0 Å². The lowest BCUT2D eigenvalue weighted by Gasteiger charge is -2.10. The third kappa shape index (κ3) is 3.84. The van der Waals surface area contributed by atoms with Gasteiger partial charge in [0.2, 0.25) is 0 Å². The molecule has 0 amide bonds. The van der Waals surface area contributed by atoms with Crippen LogP contribution in [-0.2, 0) is 0 Å². The van der Waals surface area contributed by atoms with E-state index in [1.54, 1.807) is 0 Å². The molecule has 0 aliphatic rings. The summed E-state index contributed by atoms with van der Waals surface area (Å²) in [6.45, 7) is 6.85. The van der Waals surface area contributed by atoms with E-state index in [1.165, 1.54) is 0 Å². The summed E-state index contributed by atoms with van der Waals surface area (Å²) in [6, 6.07) is 7.64. The quantitative estimate of drug-likeness (QED) is 0.776. The van der Waals surface area contributed by atoms with E-state index in [4.69, 9.17) is 4.74 Å². The molecular weight excluding hydrogens is 379 g/mol. The molecule has 0 radical (unpaired) electrons. The average Bonchev–Trinajstić information content (AvgIpc) is 2.48. The number of nitrogens with zero attached hydrogens (tertiary/aromatic N) is 1. The minimum absolute atomic E-state index is 0.0874. The topological polar surface area (TPSA) is 55.0 Å². The third-order valence-corrected chi connectivity index (χ3v) is 4.08. The Labute approximate surface area is 138 Å². The monoisotopic (exact) mass is 398 g/mol. The van der Waals surface area contributed by atoms with Gasteiger partial charge in [0.1, 0.15) is 11.6 Å². The fraction of sp³-hybridized carbons (Fsp3) is 0.375. The lowest BCUT2D eigenvalue weighted by Crippen LogP contribution is -2.17. The van der Waals surface area contributed by atoms with Crippen LogP contribution in [0.3, 0.4) is 0 Å². The second-order valence-corrected chi connectivity index (χ2v) is 6.22. The van der Waals surface area contributed by atoms with Gasteiger partial charge in [0.25, 0.3) is 5.56 Å². The Balaban J connectivity index is 2.36. The van der Waals surface area contributed by atoms with Crippen molar-refractivity contribution in [1.82, 2.24) is 9.97 Å². The highest BCUT2D eigenvalue weighted by Gasteiger charge is 2.13. The fourth-order valence-electron chi connectivity index (χ4n) is 1.92. The Kier molecular flexibility index (Phi) is 5.39. The molecule has 112 valence electrons. The largest absolute Gasteiger partial charge is 0.494 e. The van der Waals surface area contributed by atoms with Crippen molar-refractivity contribution >= 4 is 22.6 Å².